The average molecular weight is 440 g/mol. The predicted octanol–water partition coefficient (Wildman–Crippen LogP) is 5.47. The third-order valence-electron chi connectivity index (χ3n) is 5.39. The van der Waals surface area contributed by atoms with Gasteiger partial charge in [-0.1, -0.05) is 60.7 Å². The van der Waals surface area contributed by atoms with Crippen LogP contribution in [0, 0.1) is 24.0 Å². The van der Waals surface area contributed by atoms with E-state index in [0.717, 1.165) is 11.1 Å². The molecule has 0 saturated carbocycles. The standard InChI is InChI=1S/C26H20N2O5/c1-16-11-12-19(13-23(16)28(31)32)24(29)15-33-26(30)21-14-22(18-8-4-3-5-9-18)27-25-17(2)7-6-10-20(21)25/h3-14H,15H2,1-2H3. The van der Waals surface area contributed by atoms with Gasteiger partial charge in [0.1, 0.15) is 0 Å². The molecule has 0 spiro atoms. The lowest BCUT2D eigenvalue weighted by Crippen LogP contribution is -2.15. The predicted molar refractivity (Wildman–Crippen MR) is 124 cm³/mol. The molecule has 0 unspecified atom stereocenters. The van der Waals surface area contributed by atoms with Gasteiger partial charge in [0.25, 0.3) is 5.69 Å². The van der Waals surface area contributed by atoms with Crippen molar-refractivity contribution in [3.8, 4) is 11.3 Å². The number of hydrogen-bond donors (Lipinski definition) is 0. The maximum atomic E-state index is 13.0. The SMILES string of the molecule is Cc1ccc(C(=O)COC(=O)c2cc(-c3ccccc3)nc3c(C)cccc23)cc1[N+](=O)[O-]. The maximum absolute atomic E-state index is 13.0. The minimum absolute atomic E-state index is 0.112. The van der Waals surface area contributed by atoms with Crippen molar-refractivity contribution in [2.45, 2.75) is 13.8 Å². The van der Waals surface area contributed by atoms with Crippen LogP contribution in [0.5, 0.6) is 0 Å². The van der Waals surface area contributed by atoms with Gasteiger partial charge in [0.15, 0.2) is 6.61 Å². The number of nitro benzene ring substituents is 1. The fourth-order valence-electron chi connectivity index (χ4n) is 3.59. The summed E-state index contributed by atoms with van der Waals surface area (Å²) >= 11 is 0. The first-order valence-electron chi connectivity index (χ1n) is 10.3. The lowest BCUT2D eigenvalue weighted by atomic mass is 10.0. The first kappa shape index (κ1) is 21.8. The van der Waals surface area contributed by atoms with Crippen LogP contribution in [-0.2, 0) is 4.74 Å². The number of ether oxygens (including phenoxy) is 1. The number of fused-ring (bicyclic) bond motifs is 1. The topological polar surface area (TPSA) is 99.4 Å². The number of carbonyl (C=O) groups is 2. The fourth-order valence-corrected chi connectivity index (χ4v) is 3.59. The monoisotopic (exact) mass is 440 g/mol. The van der Waals surface area contributed by atoms with Gasteiger partial charge < -0.3 is 4.74 Å². The Morgan fingerprint density at radius 2 is 1.70 bits per heavy atom. The van der Waals surface area contributed by atoms with Crippen molar-refractivity contribution in [2.24, 2.45) is 0 Å². The van der Waals surface area contributed by atoms with Gasteiger partial charge in [-0.05, 0) is 25.5 Å². The molecule has 4 rings (SSSR count). The molecular formula is C26H20N2O5. The molecule has 0 fully saturated rings. The molecule has 1 heterocycles. The zero-order chi connectivity index (χ0) is 23.5. The number of nitro groups is 1. The van der Waals surface area contributed by atoms with Crippen LogP contribution in [0.3, 0.4) is 0 Å². The summed E-state index contributed by atoms with van der Waals surface area (Å²) in [5.74, 6) is -1.19. The van der Waals surface area contributed by atoms with E-state index in [0.29, 0.717) is 27.7 Å². The van der Waals surface area contributed by atoms with Gasteiger partial charge in [0, 0.05) is 28.1 Å². The van der Waals surface area contributed by atoms with E-state index in [1.165, 1.54) is 18.2 Å². The molecule has 0 bridgehead atoms. The van der Waals surface area contributed by atoms with Gasteiger partial charge in [-0.2, -0.15) is 0 Å². The van der Waals surface area contributed by atoms with Crippen LogP contribution in [0.1, 0.15) is 31.8 Å². The second-order valence-electron chi connectivity index (χ2n) is 7.65. The van der Waals surface area contributed by atoms with Crippen LogP contribution in [0.15, 0.2) is 72.8 Å². The first-order valence-corrected chi connectivity index (χ1v) is 10.3. The van der Waals surface area contributed by atoms with E-state index in [1.54, 1.807) is 19.1 Å². The van der Waals surface area contributed by atoms with Crippen LogP contribution >= 0.6 is 0 Å². The molecular weight excluding hydrogens is 420 g/mol. The van der Waals surface area contributed by atoms with E-state index >= 15 is 0 Å². The van der Waals surface area contributed by atoms with Crippen LogP contribution < -0.4 is 0 Å². The number of benzene rings is 3. The highest BCUT2D eigenvalue weighted by atomic mass is 16.6. The number of pyridine rings is 1. The summed E-state index contributed by atoms with van der Waals surface area (Å²) in [5, 5.41) is 11.8. The molecule has 7 heteroatoms. The number of ketones is 1. The zero-order valence-electron chi connectivity index (χ0n) is 18.1. The van der Waals surface area contributed by atoms with Crippen molar-refractivity contribution >= 4 is 28.3 Å². The van der Waals surface area contributed by atoms with E-state index < -0.39 is 23.3 Å². The highest BCUT2D eigenvalue weighted by molar-refractivity contribution is 6.06. The molecule has 3 aromatic carbocycles. The summed E-state index contributed by atoms with van der Waals surface area (Å²) in [5.41, 5.74) is 3.74. The number of carbonyl (C=O) groups excluding carboxylic acids is 2. The average Bonchev–Trinajstić information content (AvgIpc) is 2.82. The van der Waals surface area contributed by atoms with Gasteiger partial charge in [0.05, 0.1) is 21.7 Å². The molecule has 0 N–H and O–H groups in total. The lowest BCUT2D eigenvalue weighted by molar-refractivity contribution is -0.385. The number of nitrogens with zero attached hydrogens (tertiary/aromatic N) is 2. The van der Waals surface area contributed by atoms with Crippen LogP contribution in [0.4, 0.5) is 5.69 Å². The summed E-state index contributed by atoms with van der Waals surface area (Å²) in [4.78, 5) is 40.9. The Balaban J connectivity index is 1.64. The van der Waals surface area contributed by atoms with Crippen molar-refractivity contribution in [1.82, 2.24) is 4.98 Å². The quantitative estimate of drug-likeness (QED) is 0.171. The van der Waals surface area contributed by atoms with Crippen molar-refractivity contribution in [1.29, 1.82) is 0 Å². The summed E-state index contributed by atoms with van der Waals surface area (Å²) in [6.07, 6.45) is 0. The smallest absolute Gasteiger partial charge is 0.339 e. The van der Waals surface area contributed by atoms with Gasteiger partial charge >= 0.3 is 5.97 Å². The Hall–Kier alpha value is -4.39. The summed E-state index contributed by atoms with van der Waals surface area (Å²) in [6.45, 7) is 2.97. The van der Waals surface area contributed by atoms with Crippen molar-refractivity contribution in [3.63, 3.8) is 0 Å². The Morgan fingerprint density at radius 3 is 2.42 bits per heavy atom. The number of rotatable bonds is 6. The highest BCUT2D eigenvalue weighted by Crippen LogP contribution is 2.27. The number of aromatic nitrogens is 1. The van der Waals surface area contributed by atoms with E-state index in [-0.39, 0.29) is 11.3 Å². The Labute approximate surface area is 189 Å². The summed E-state index contributed by atoms with van der Waals surface area (Å²) < 4.78 is 5.33. The van der Waals surface area contributed by atoms with Gasteiger partial charge in [-0.15, -0.1) is 0 Å². The third-order valence-corrected chi connectivity index (χ3v) is 5.39. The molecule has 0 aliphatic carbocycles. The molecule has 33 heavy (non-hydrogen) atoms. The molecule has 1 aromatic heterocycles. The minimum atomic E-state index is -0.667. The van der Waals surface area contributed by atoms with Crippen molar-refractivity contribution in [2.75, 3.05) is 6.61 Å². The Morgan fingerprint density at radius 1 is 0.939 bits per heavy atom. The third kappa shape index (κ3) is 4.48. The Bertz CT molecular complexity index is 1400. The molecule has 0 amide bonds. The Kier molecular flexibility index (Phi) is 5.95. The number of aryl methyl sites for hydroxylation is 2. The first-order chi connectivity index (χ1) is 15.8. The van der Waals surface area contributed by atoms with Crippen LogP contribution in [-0.4, -0.2) is 28.3 Å². The van der Waals surface area contributed by atoms with Crippen molar-refractivity contribution < 1.29 is 19.2 Å². The maximum Gasteiger partial charge on any atom is 0.339 e. The molecule has 164 valence electrons. The van der Waals surface area contributed by atoms with Gasteiger partial charge in [-0.25, -0.2) is 9.78 Å². The number of hydrogen-bond acceptors (Lipinski definition) is 6. The van der Waals surface area contributed by atoms with E-state index in [4.69, 9.17) is 9.72 Å². The normalized spacial score (nSPS) is 10.7. The molecule has 7 nitrogen and oxygen atoms in total. The molecule has 0 atom stereocenters. The fraction of sp³-hybridized carbons (Fsp3) is 0.115. The van der Waals surface area contributed by atoms with Crippen LogP contribution in [0.2, 0.25) is 0 Å². The number of esters is 1. The second-order valence-corrected chi connectivity index (χ2v) is 7.65. The summed E-state index contributed by atoms with van der Waals surface area (Å²) in [6, 6.07) is 20.8. The minimum Gasteiger partial charge on any atom is -0.454 e. The van der Waals surface area contributed by atoms with Gasteiger partial charge in [-0.3, -0.25) is 14.9 Å². The summed E-state index contributed by atoms with van der Waals surface area (Å²) in [7, 11) is 0. The number of para-hydroxylation sites is 1. The van der Waals surface area contributed by atoms with E-state index in [2.05, 4.69) is 0 Å². The molecule has 0 saturated heterocycles. The molecule has 0 aliphatic rings. The van der Waals surface area contributed by atoms with Gasteiger partial charge in [0.2, 0.25) is 5.78 Å². The van der Waals surface area contributed by atoms with E-state index in [1.807, 2.05) is 49.4 Å². The zero-order valence-corrected chi connectivity index (χ0v) is 18.1. The number of Topliss-reactive ketones (excluding diaryl/α,β-unsaturated/α-hetero) is 1. The van der Waals surface area contributed by atoms with E-state index in [9.17, 15) is 19.7 Å². The van der Waals surface area contributed by atoms with Crippen molar-refractivity contribution in [3.05, 3.63) is 105 Å². The highest BCUT2D eigenvalue weighted by Gasteiger charge is 2.19. The second kappa shape index (κ2) is 9.00. The molecule has 4 aromatic rings. The molecule has 0 aliphatic heterocycles. The largest absolute Gasteiger partial charge is 0.454 e. The molecule has 0 radical (unpaired) electrons. The van der Waals surface area contributed by atoms with Crippen LogP contribution in [0.25, 0.3) is 22.2 Å². The lowest BCUT2D eigenvalue weighted by Gasteiger charge is -2.11.